The number of amides is 2. The summed E-state index contributed by atoms with van der Waals surface area (Å²) in [5.41, 5.74) is 0. The summed E-state index contributed by atoms with van der Waals surface area (Å²) in [5, 5.41) is 3.53. The predicted octanol–water partition coefficient (Wildman–Crippen LogP) is 2.30. The van der Waals surface area contributed by atoms with Crippen LogP contribution in [-0.2, 0) is 0 Å². The molecule has 0 aromatic carbocycles. The summed E-state index contributed by atoms with van der Waals surface area (Å²) in [6, 6.07) is 0.832. The third-order valence-corrected chi connectivity index (χ3v) is 5.10. The fraction of sp³-hybridized carbons (Fsp3) is 0.938. The number of urea groups is 1. The number of hydrogen-bond donors (Lipinski definition) is 1. The summed E-state index contributed by atoms with van der Waals surface area (Å²) in [6.07, 6.45) is 7.47. The largest absolute Gasteiger partial charge is 0.325 e. The number of hydrogen-bond acceptors (Lipinski definition) is 2. The lowest BCUT2D eigenvalue weighted by Crippen LogP contribution is -2.50. The normalized spacial score (nSPS) is 27.9. The van der Waals surface area contributed by atoms with Gasteiger partial charge in [-0.05, 0) is 56.9 Å². The zero-order chi connectivity index (χ0) is 13.9. The lowest BCUT2D eigenvalue weighted by Gasteiger charge is -2.36. The second-order valence-electron chi connectivity index (χ2n) is 7.09. The van der Waals surface area contributed by atoms with E-state index in [4.69, 9.17) is 0 Å². The molecule has 1 N–H and O–H groups in total. The fourth-order valence-electron chi connectivity index (χ4n) is 3.42. The number of carbonyl (C=O) groups excluding carboxylic acids is 1. The molecule has 3 fully saturated rings. The van der Waals surface area contributed by atoms with Gasteiger partial charge in [-0.15, -0.1) is 0 Å². The summed E-state index contributed by atoms with van der Waals surface area (Å²) < 4.78 is 0. The molecule has 0 spiro atoms. The molecule has 1 aliphatic carbocycles. The Kier molecular flexibility index (Phi) is 4.49. The predicted molar refractivity (Wildman–Crippen MR) is 80.7 cm³/mol. The molecular formula is C16H29N3O. The van der Waals surface area contributed by atoms with E-state index in [1.54, 1.807) is 0 Å². The Morgan fingerprint density at radius 3 is 2.50 bits per heavy atom. The van der Waals surface area contributed by atoms with Gasteiger partial charge in [0, 0.05) is 32.2 Å². The van der Waals surface area contributed by atoms with Crippen LogP contribution >= 0.6 is 0 Å². The monoisotopic (exact) mass is 279 g/mol. The number of nitrogens with one attached hydrogen (secondary N) is 1. The molecule has 0 aromatic rings. The SMILES string of the molecule is CC1CCN(C(=O)N(CC2CC2)CC2CCCN2)CC1. The lowest BCUT2D eigenvalue weighted by atomic mass is 9.99. The molecule has 2 heterocycles. The highest BCUT2D eigenvalue weighted by molar-refractivity contribution is 5.74. The van der Waals surface area contributed by atoms with Crippen LogP contribution in [0.2, 0.25) is 0 Å². The number of rotatable bonds is 4. The average Bonchev–Trinajstić information content (AvgIpc) is 3.12. The fourth-order valence-corrected chi connectivity index (χ4v) is 3.42. The Morgan fingerprint density at radius 2 is 1.90 bits per heavy atom. The molecule has 4 heteroatoms. The van der Waals surface area contributed by atoms with E-state index in [9.17, 15) is 4.79 Å². The smallest absolute Gasteiger partial charge is 0.320 e. The van der Waals surface area contributed by atoms with Crippen molar-refractivity contribution < 1.29 is 4.79 Å². The molecule has 20 heavy (non-hydrogen) atoms. The van der Waals surface area contributed by atoms with Crippen LogP contribution in [0.1, 0.15) is 45.4 Å². The van der Waals surface area contributed by atoms with Crippen molar-refractivity contribution in [2.24, 2.45) is 11.8 Å². The van der Waals surface area contributed by atoms with E-state index in [-0.39, 0.29) is 0 Å². The van der Waals surface area contributed by atoms with Gasteiger partial charge in [-0.25, -0.2) is 4.79 Å². The van der Waals surface area contributed by atoms with Crippen LogP contribution in [0.5, 0.6) is 0 Å². The summed E-state index contributed by atoms with van der Waals surface area (Å²) in [7, 11) is 0. The van der Waals surface area contributed by atoms with Crippen molar-refractivity contribution in [1.29, 1.82) is 0 Å². The Hall–Kier alpha value is -0.770. The highest BCUT2D eigenvalue weighted by Crippen LogP contribution is 2.30. The average molecular weight is 279 g/mol. The molecule has 2 saturated heterocycles. The number of carbonyl (C=O) groups is 1. The van der Waals surface area contributed by atoms with E-state index < -0.39 is 0 Å². The van der Waals surface area contributed by atoms with Gasteiger partial charge in [-0.1, -0.05) is 6.92 Å². The van der Waals surface area contributed by atoms with Crippen molar-refractivity contribution >= 4 is 6.03 Å². The van der Waals surface area contributed by atoms with E-state index >= 15 is 0 Å². The molecule has 114 valence electrons. The molecule has 0 aromatic heterocycles. The summed E-state index contributed by atoms with van der Waals surface area (Å²) in [5.74, 6) is 1.57. The molecule has 1 atom stereocenters. The Bertz CT molecular complexity index is 329. The first-order chi connectivity index (χ1) is 9.72. The van der Waals surface area contributed by atoms with E-state index in [2.05, 4.69) is 22.0 Å². The van der Waals surface area contributed by atoms with E-state index in [0.717, 1.165) is 44.6 Å². The van der Waals surface area contributed by atoms with Gasteiger partial charge in [0.05, 0.1) is 0 Å². The second kappa shape index (κ2) is 6.33. The molecule has 0 bridgehead atoms. The molecule has 1 unspecified atom stereocenters. The standard InChI is InChI=1S/C16H29N3O/c1-13-6-9-18(10-7-13)16(20)19(11-14-4-5-14)12-15-3-2-8-17-15/h13-15,17H,2-12H2,1H3. The Morgan fingerprint density at radius 1 is 1.15 bits per heavy atom. The quantitative estimate of drug-likeness (QED) is 0.857. The molecular weight excluding hydrogens is 250 g/mol. The van der Waals surface area contributed by atoms with Crippen molar-refractivity contribution in [3.63, 3.8) is 0 Å². The van der Waals surface area contributed by atoms with Crippen LogP contribution in [0.3, 0.4) is 0 Å². The lowest BCUT2D eigenvalue weighted by molar-refractivity contribution is 0.129. The minimum atomic E-state index is 0.303. The zero-order valence-corrected chi connectivity index (χ0v) is 12.8. The van der Waals surface area contributed by atoms with Gasteiger partial charge in [-0.2, -0.15) is 0 Å². The first-order valence-corrected chi connectivity index (χ1v) is 8.49. The molecule has 2 aliphatic heterocycles. The van der Waals surface area contributed by atoms with E-state index in [1.807, 2.05) is 0 Å². The van der Waals surface area contributed by atoms with Gasteiger partial charge in [0.2, 0.25) is 0 Å². The maximum Gasteiger partial charge on any atom is 0.320 e. The molecule has 4 nitrogen and oxygen atoms in total. The van der Waals surface area contributed by atoms with Crippen LogP contribution in [0, 0.1) is 11.8 Å². The van der Waals surface area contributed by atoms with Crippen LogP contribution < -0.4 is 5.32 Å². The van der Waals surface area contributed by atoms with E-state index in [1.165, 1.54) is 38.5 Å². The second-order valence-corrected chi connectivity index (χ2v) is 7.09. The van der Waals surface area contributed by atoms with Crippen molar-refractivity contribution in [3.05, 3.63) is 0 Å². The molecule has 2 amide bonds. The van der Waals surface area contributed by atoms with E-state index in [0.29, 0.717) is 12.1 Å². The van der Waals surface area contributed by atoms with Gasteiger partial charge < -0.3 is 15.1 Å². The van der Waals surface area contributed by atoms with Crippen LogP contribution in [0.4, 0.5) is 4.79 Å². The van der Waals surface area contributed by atoms with Crippen molar-refractivity contribution in [2.45, 2.75) is 51.5 Å². The summed E-state index contributed by atoms with van der Waals surface area (Å²) in [4.78, 5) is 17.0. The Labute approximate surface area is 122 Å². The third-order valence-electron chi connectivity index (χ3n) is 5.10. The maximum absolute atomic E-state index is 12.8. The van der Waals surface area contributed by atoms with Gasteiger partial charge in [-0.3, -0.25) is 0 Å². The number of nitrogens with zero attached hydrogens (tertiary/aromatic N) is 2. The van der Waals surface area contributed by atoms with Gasteiger partial charge in [0.1, 0.15) is 0 Å². The third kappa shape index (κ3) is 3.66. The zero-order valence-electron chi connectivity index (χ0n) is 12.8. The molecule has 3 rings (SSSR count). The minimum Gasteiger partial charge on any atom is -0.325 e. The number of piperidine rings is 1. The molecule has 0 radical (unpaired) electrons. The minimum absolute atomic E-state index is 0.303. The highest BCUT2D eigenvalue weighted by Gasteiger charge is 2.32. The Balaban J connectivity index is 1.56. The van der Waals surface area contributed by atoms with Crippen LogP contribution in [-0.4, -0.2) is 54.6 Å². The highest BCUT2D eigenvalue weighted by atomic mass is 16.2. The summed E-state index contributed by atoms with van der Waals surface area (Å²) in [6.45, 7) is 7.24. The van der Waals surface area contributed by atoms with Crippen molar-refractivity contribution in [1.82, 2.24) is 15.1 Å². The topological polar surface area (TPSA) is 35.6 Å². The maximum atomic E-state index is 12.8. The summed E-state index contributed by atoms with van der Waals surface area (Å²) >= 11 is 0. The molecule has 3 aliphatic rings. The van der Waals surface area contributed by atoms with Gasteiger partial charge in [0.25, 0.3) is 0 Å². The molecule has 1 saturated carbocycles. The van der Waals surface area contributed by atoms with Crippen molar-refractivity contribution in [2.75, 3.05) is 32.7 Å². The first kappa shape index (κ1) is 14.2. The van der Waals surface area contributed by atoms with Gasteiger partial charge in [0.15, 0.2) is 0 Å². The van der Waals surface area contributed by atoms with Crippen LogP contribution in [0.15, 0.2) is 0 Å². The van der Waals surface area contributed by atoms with Crippen molar-refractivity contribution in [3.8, 4) is 0 Å². The number of likely N-dealkylation sites (tertiary alicyclic amines) is 1. The van der Waals surface area contributed by atoms with Gasteiger partial charge >= 0.3 is 6.03 Å². The van der Waals surface area contributed by atoms with Crippen LogP contribution in [0.25, 0.3) is 0 Å². The first-order valence-electron chi connectivity index (χ1n) is 8.49.